The number of imidazole rings is 1. The van der Waals surface area contributed by atoms with Crippen molar-refractivity contribution in [2.24, 2.45) is 11.1 Å². The van der Waals surface area contributed by atoms with Crippen LogP contribution in [-0.2, 0) is 6.54 Å². The summed E-state index contributed by atoms with van der Waals surface area (Å²) >= 11 is 0. The van der Waals surface area contributed by atoms with Gasteiger partial charge in [-0.1, -0.05) is 12.1 Å². The Kier molecular flexibility index (Phi) is 3.78. The predicted molar refractivity (Wildman–Crippen MR) is 66.4 cm³/mol. The second kappa shape index (κ2) is 5.31. The molecule has 1 aromatic rings. The highest BCUT2D eigenvalue weighted by Gasteiger charge is 2.22. The van der Waals surface area contributed by atoms with Crippen LogP contribution in [0.15, 0.2) is 17.5 Å². The number of rotatable bonds is 3. The summed E-state index contributed by atoms with van der Waals surface area (Å²) in [5.74, 6) is 1.42. The molecule has 2 rings (SSSR count). The summed E-state index contributed by atoms with van der Waals surface area (Å²) in [6, 6.07) is 0. The maximum absolute atomic E-state index is 8.82. The molecule has 17 heavy (non-hydrogen) atoms. The molecule has 0 aliphatic carbocycles. The Hall–Kier alpha value is -1.36. The van der Waals surface area contributed by atoms with Crippen LogP contribution >= 0.6 is 0 Å². The lowest BCUT2D eigenvalue weighted by atomic mass is 9.98. The number of aromatic nitrogens is 2. The molecule has 1 aliphatic rings. The van der Waals surface area contributed by atoms with Crippen molar-refractivity contribution < 1.29 is 5.21 Å². The molecule has 1 N–H and O–H groups in total. The van der Waals surface area contributed by atoms with E-state index >= 15 is 0 Å². The van der Waals surface area contributed by atoms with Gasteiger partial charge >= 0.3 is 0 Å². The van der Waals surface area contributed by atoms with Gasteiger partial charge in [0.2, 0.25) is 0 Å². The monoisotopic (exact) mass is 236 g/mol. The molecule has 0 aromatic carbocycles. The van der Waals surface area contributed by atoms with Crippen LogP contribution in [0.4, 0.5) is 0 Å². The van der Waals surface area contributed by atoms with Crippen molar-refractivity contribution >= 4 is 5.71 Å². The highest BCUT2D eigenvalue weighted by Crippen LogP contribution is 2.13. The zero-order valence-electron chi connectivity index (χ0n) is 10.5. The van der Waals surface area contributed by atoms with Crippen LogP contribution in [-0.4, -0.2) is 45.0 Å². The zero-order chi connectivity index (χ0) is 12.3. The van der Waals surface area contributed by atoms with Crippen molar-refractivity contribution in [1.29, 1.82) is 0 Å². The van der Waals surface area contributed by atoms with Gasteiger partial charge in [-0.15, -0.1) is 0 Å². The summed E-state index contributed by atoms with van der Waals surface area (Å²) in [5.41, 5.74) is 0.931. The number of oxime groups is 1. The van der Waals surface area contributed by atoms with E-state index in [9.17, 15) is 0 Å². The smallest absolute Gasteiger partial charge is 0.105 e. The van der Waals surface area contributed by atoms with Gasteiger partial charge < -0.3 is 14.7 Å². The Bertz CT molecular complexity index is 399. The molecule has 0 radical (unpaired) electrons. The van der Waals surface area contributed by atoms with Crippen LogP contribution in [0.25, 0.3) is 0 Å². The second-order valence-electron chi connectivity index (χ2n) is 4.71. The van der Waals surface area contributed by atoms with Crippen molar-refractivity contribution in [2.45, 2.75) is 26.8 Å². The van der Waals surface area contributed by atoms with Gasteiger partial charge in [0, 0.05) is 50.9 Å². The SMILES string of the molecule is Cc1nccn1CCN1CC/C(=N\O)C(C)C1. The third-order valence-electron chi connectivity index (χ3n) is 3.49. The molecule has 94 valence electrons. The van der Waals surface area contributed by atoms with E-state index in [1.54, 1.807) is 0 Å². The number of piperidine rings is 1. The van der Waals surface area contributed by atoms with Crippen LogP contribution in [0.3, 0.4) is 0 Å². The van der Waals surface area contributed by atoms with E-state index in [-0.39, 0.29) is 0 Å². The number of hydrogen-bond acceptors (Lipinski definition) is 4. The molecule has 1 atom stereocenters. The van der Waals surface area contributed by atoms with E-state index in [0.29, 0.717) is 5.92 Å². The van der Waals surface area contributed by atoms with E-state index in [4.69, 9.17) is 5.21 Å². The summed E-state index contributed by atoms with van der Waals surface area (Å²) in [7, 11) is 0. The number of hydrogen-bond donors (Lipinski definition) is 1. The van der Waals surface area contributed by atoms with Crippen molar-refractivity contribution in [3.63, 3.8) is 0 Å². The number of aryl methyl sites for hydroxylation is 1. The Balaban J connectivity index is 1.84. The van der Waals surface area contributed by atoms with E-state index in [0.717, 1.165) is 44.1 Å². The van der Waals surface area contributed by atoms with Gasteiger partial charge in [0.15, 0.2) is 0 Å². The van der Waals surface area contributed by atoms with E-state index < -0.39 is 0 Å². The van der Waals surface area contributed by atoms with E-state index in [1.807, 2.05) is 19.3 Å². The lowest BCUT2D eigenvalue weighted by Gasteiger charge is -2.31. The van der Waals surface area contributed by atoms with Gasteiger partial charge in [-0.2, -0.15) is 0 Å². The number of nitrogens with zero attached hydrogens (tertiary/aromatic N) is 4. The fraction of sp³-hybridized carbons (Fsp3) is 0.667. The Labute approximate surface area is 102 Å². The van der Waals surface area contributed by atoms with Crippen LogP contribution in [0, 0.1) is 12.8 Å². The van der Waals surface area contributed by atoms with Gasteiger partial charge in [0.25, 0.3) is 0 Å². The van der Waals surface area contributed by atoms with Gasteiger partial charge in [-0.05, 0) is 6.92 Å². The van der Waals surface area contributed by atoms with Gasteiger partial charge in [-0.3, -0.25) is 0 Å². The molecule has 1 saturated heterocycles. The summed E-state index contributed by atoms with van der Waals surface area (Å²) in [6.07, 6.45) is 4.73. The normalized spacial score (nSPS) is 24.4. The molecule has 1 aliphatic heterocycles. The minimum Gasteiger partial charge on any atom is -0.411 e. The molecule has 5 heteroatoms. The summed E-state index contributed by atoms with van der Waals surface area (Å²) < 4.78 is 2.17. The van der Waals surface area contributed by atoms with E-state index in [1.165, 1.54) is 0 Å². The highest BCUT2D eigenvalue weighted by atomic mass is 16.4. The Morgan fingerprint density at radius 1 is 1.53 bits per heavy atom. The van der Waals surface area contributed by atoms with Crippen LogP contribution in [0.5, 0.6) is 0 Å². The van der Waals surface area contributed by atoms with Crippen LogP contribution in [0.1, 0.15) is 19.2 Å². The van der Waals surface area contributed by atoms with Gasteiger partial charge in [-0.25, -0.2) is 4.98 Å². The fourth-order valence-corrected chi connectivity index (χ4v) is 2.34. The molecule has 5 nitrogen and oxygen atoms in total. The fourth-order valence-electron chi connectivity index (χ4n) is 2.34. The predicted octanol–water partition coefficient (Wildman–Crippen LogP) is 1.36. The zero-order valence-corrected chi connectivity index (χ0v) is 10.5. The maximum atomic E-state index is 8.82. The molecule has 0 bridgehead atoms. The minimum atomic E-state index is 0.359. The summed E-state index contributed by atoms with van der Waals surface area (Å²) in [5, 5.41) is 12.2. The lowest BCUT2D eigenvalue weighted by Crippen LogP contribution is -2.41. The van der Waals surface area contributed by atoms with E-state index in [2.05, 4.69) is 26.5 Å². The molecule has 0 amide bonds. The highest BCUT2D eigenvalue weighted by molar-refractivity contribution is 5.86. The van der Waals surface area contributed by atoms with Gasteiger partial charge in [0.05, 0.1) is 5.71 Å². The third kappa shape index (κ3) is 2.85. The molecule has 0 spiro atoms. The molecule has 0 saturated carbocycles. The third-order valence-corrected chi connectivity index (χ3v) is 3.49. The van der Waals surface area contributed by atoms with Crippen molar-refractivity contribution in [1.82, 2.24) is 14.5 Å². The van der Waals surface area contributed by atoms with Crippen LogP contribution < -0.4 is 0 Å². The minimum absolute atomic E-state index is 0.359. The summed E-state index contributed by atoms with van der Waals surface area (Å²) in [6.45, 7) is 8.11. The van der Waals surface area contributed by atoms with Crippen molar-refractivity contribution in [3.8, 4) is 0 Å². The first-order chi connectivity index (χ1) is 8.20. The Morgan fingerprint density at radius 2 is 2.35 bits per heavy atom. The summed E-state index contributed by atoms with van der Waals surface area (Å²) in [4.78, 5) is 6.63. The standard InChI is InChI=1S/C12H20N4O/c1-10-9-15(5-3-12(10)14-17)7-8-16-6-4-13-11(16)2/h4,6,10,17H,3,5,7-9H2,1-2H3/b14-12+. The van der Waals surface area contributed by atoms with Gasteiger partial charge in [0.1, 0.15) is 5.82 Å². The topological polar surface area (TPSA) is 53.7 Å². The Morgan fingerprint density at radius 3 is 2.94 bits per heavy atom. The maximum Gasteiger partial charge on any atom is 0.105 e. The molecule has 2 heterocycles. The van der Waals surface area contributed by atoms with Crippen LogP contribution in [0.2, 0.25) is 0 Å². The molecule has 1 unspecified atom stereocenters. The molecular formula is C12H20N4O. The van der Waals surface area contributed by atoms with Crippen molar-refractivity contribution in [2.75, 3.05) is 19.6 Å². The quantitative estimate of drug-likeness (QED) is 0.637. The average molecular weight is 236 g/mol. The molecular weight excluding hydrogens is 216 g/mol. The average Bonchev–Trinajstić information content (AvgIpc) is 2.72. The number of likely N-dealkylation sites (tertiary alicyclic amines) is 1. The first-order valence-corrected chi connectivity index (χ1v) is 6.11. The molecule has 1 fully saturated rings. The lowest BCUT2D eigenvalue weighted by molar-refractivity contribution is 0.227. The molecule has 1 aromatic heterocycles. The largest absolute Gasteiger partial charge is 0.411 e. The first kappa shape index (κ1) is 12.1. The van der Waals surface area contributed by atoms with Crippen molar-refractivity contribution in [3.05, 3.63) is 18.2 Å². The first-order valence-electron chi connectivity index (χ1n) is 6.11. The second-order valence-corrected chi connectivity index (χ2v) is 4.71.